The highest BCUT2D eigenvalue weighted by molar-refractivity contribution is 7.92. The van der Waals surface area contributed by atoms with Gasteiger partial charge in [0.15, 0.2) is 11.6 Å². The van der Waals surface area contributed by atoms with Crippen molar-refractivity contribution in [3.8, 4) is 11.6 Å². The maximum Gasteiger partial charge on any atom is 0.261 e. The van der Waals surface area contributed by atoms with Gasteiger partial charge in [0, 0.05) is 0 Å². The molecule has 0 aliphatic carbocycles. The van der Waals surface area contributed by atoms with Crippen LogP contribution in [0.4, 0.5) is 26.0 Å². The van der Waals surface area contributed by atoms with Gasteiger partial charge in [-0.05, 0) is 60.7 Å². The van der Waals surface area contributed by atoms with E-state index in [0.717, 1.165) is 23.2 Å². The van der Waals surface area contributed by atoms with Crippen molar-refractivity contribution in [2.24, 2.45) is 0 Å². The van der Waals surface area contributed by atoms with Gasteiger partial charge in [-0.2, -0.15) is 0 Å². The fourth-order valence-corrected chi connectivity index (χ4v) is 5.18. The van der Waals surface area contributed by atoms with E-state index in [1.165, 1.54) is 37.7 Å². The number of ether oxygens (including phenoxy) is 1. The molecule has 40 heavy (non-hydrogen) atoms. The molecule has 0 amide bonds. The van der Waals surface area contributed by atoms with Crippen LogP contribution in [0.2, 0.25) is 0 Å². The highest BCUT2D eigenvalue weighted by Gasteiger charge is 2.21. The van der Waals surface area contributed by atoms with Gasteiger partial charge in [-0.25, -0.2) is 37.1 Å². The summed E-state index contributed by atoms with van der Waals surface area (Å²) in [6, 6.07) is 18.4. The molecule has 3 aromatic heterocycles. The number of pyridine rings is 1. The molecule has 13 heteroatoms. The van der Waals surface area contributed by atoms with Crippen molar-refractivity contribution in [1.82, 2.24) is 24.5 Å². The standard InChI is InChI=1S/C27H19F2N7O3S/c1-39-16-6-8-17(9-7-16)40(37,38)35-20-11-10-18(28)25(24(20)29)34-27-26-21(30-14-31-27)12-13-23(33-26)36-15-32-19-4-2-3-5-22(19)36/h2-15,35H,1H3,(H,30,31,34). The van der Waals surface area contributed by atoms with Crippen molar-refractivity contribution < 1.29 is 21.9 Å². The molecule has 0 fully saturated rings. The van der Waals surface area contributed by atoms with E-state index in [0.29, 0.717) is 17.1 Å². The number of hydrogen-bond acceptors (Lipinski definition) is 8. The van der Waals surface area contributed by atoms with Crippen LogP contribution in [-0.2, 0) is 10.0 Å². The molecule has 0 aliphatic heterocycles. The molecular formula is C27H19F2N7O3S. The Hall–Kier alpha value is -5.17. The Kier molecular flexibility index (Phi) is 6.19. The lowest BCUT2D eigenvalue weighted by Gasteiger charge is -2.14. The lowest BCUT2D eigenvalue weighted by atomic mass is 10.2. The number of hydrogen-bond donors (Lipinski definition) is 2. The third-order valence-electron chi connectivity index (χ3n) is 6.12. The van der Waals surface area contributed by atoms with Crippen LogP contribution in [0.3, 0.4) is 0 Å². The second kappa shape index (κ2) is 9.85. The molecule has 0 saturated heterocycles. The first-order chi connectivity index (χ1) is 19.3. The van der Waals surface area contributed by atoms with E-state index in [1.807, 2.05) is 24.3 Å². The number of anilines is 3. The summed E-state index contributed by atoms with van der Waals surface area (Å²) in [5.41, 5.74) is 1.16. The fraction of sp³-hybridized carbons (Fsp3) is 0.0370. The van der Waals surface area contributed by atoms with Crippen LogP contribution in [-0.4, -0.2) is 40.0 Å². The molecule has 3 heterocycles. The quantitative estimate of drug-likeness (QED) is 0.274. The largest absolute Gasteiger partial charge is 0.497 e. The Morgan fingerprint density at radius 2 is 1.68 bits per heavy atom. The third kappa shape index (κ3) is 4.52. The van der Waals surface area contributed by atoms with E-state index in [9.17, 15) is 12.8 Å². The predicted molar refractivity (Wildman–Crippen MR) is 145 cm³/mol. The molecule has 0 bridgehead atoms. The van der Waals surface area contributed by atoms with Crippen LogP contribution >= 0.6 is 0 Å². The molecule has 0 aliphatic rings. The van der Waals surface area contributed by atoms with E-state index in [-0.39, 0.29) is 16.2 Å². The SMILES string of the molecule is COc1ccc(S(=O)(=O)Nc2ccc(F)c(Nc3ncnc4ccc(-n5cnc6ccccc65)nc34)c2F)cc1. The summed E-state index contributed by atoms with van der Waals surface area (Å²) in [7, 11) is -2.74. The number of para-hydroxylation sites is 2. The molecule has 0 unspecified atom stereocenters. The number of fused-ring (bicyclic) bond motifs is 2. The summed E-state index contributed by atoms with van der Waals surface area (Å²) in [6.45, 7) is 0. The molecule has 10 nitrogen and oxygen atoms in total. The number of sulfonamides is 1. The smallest absolute Gasteiger partial charge is 0.261 e. The Bertz CT molecular complexity index is 2000. The zero-order valence-electron chi connectivity index (χ0n) is 20.7. The maximum absolute atomic E-state index is 15.5. The van der Waals surface area contributed by atoms with E-state index in [1.54, 1.807) is 23.0 Å². The Morgan fingerprint density at radius 1 is 0.875 bits per heavy atom. The Labute approximate surface area is 226 Å². The molecule has 0 radical (unpaired) electrons. The predicted octanol–water partition coefficient (Wildman–Crippen LogP) is 5.19. The minimum atomic E-state index is -4.19. The van der Waals surface area contributed by atoms with Crippen LogP contribution in [0.15, 0.2) is 90.3 Å². The van der Waals surface area contributed by atoms with Gasteiger partial charge in [0.25, 0.3) is 10.0 Å². The molecular weight excluding hydrogens is 540 g/mol. The second-order valence-corrected chi connectivity index (χ2v) is 10.2. The zero-order valence-corrected chi connectivity index (χ0v) is 21.5. The van der Waals surface area contributed by atoms with Gasteiger partial charge in [-0.1, -0.05) is 12.1 Å². The molecule has 200 valence electrons. The van der Waals surface area contributed by atoms with E-state index < -0.39 is 33.0 Å². The van der Waals surface area contributed by atoms with Crippen molar-refractivity contribution in [3.05, 3.63) is 97.1 Å². The monoisotopic (exact) mass is 559 g/mol. The number of benzene rings is 3. The van der Waals surface area contributed by atoms with Gasteiger partial charge in [-0.15, -0.1) is 0 Å². The van der Waals surface area contributed by atoms with E-state index in [4.69, 9.17) is 4.74 Å². The highest BCUT2D eigenvalue weighted by Crippen LogP contribution is 2.32. The number of imidazole rings is 1. The molecule has 6 aromatic rings. The van der Waals surface area contributed by atoms with Gasteiger partial charge in [0.1, 0.15) is 41.2 Å². The molecule has 0 atom stereocenters. The summed E-state index contributed by atoms with van der Waals surface area (Å²) >= 11 is 0. The first-order valence-electron chi connectivity index (χ1n) is 11.8. The van der Waals surface area contributed by atoms with Crippen molar-refractivity contribution in [3.63, 3.8) is 0 Å². The molecule has 0 spiro atoms. The lowest BCUT2D eigenvalue weighted by molar-refractivity contribution is 0.414. The van der Waals surface area contributed by atoms with Gasteiger partial charge in [0.05, 0.1) is 34.2 Å². The third-order valence-corrected chi connectivity index (χ3v) is 7.50. The van der Waals surface area contributed by atoms with Crippen LogP contribution in [0.1, 0.15) is 0 Å². The lowest BCUT2D eigenvalue weighted by Crippen LogP contribution is -2.15. The number of nitrogens with zero attached hydrogens (tertiary/aromatic N) is 5. The average molecular weight is 560 g/mol. The average Bonchev–Trinajstić information content (AvgIpc) is 3.41. The number of halogens is 2. The van der Waals surface area contributed by atoms with Crippen LogP contribution in [0.25, 0.3) is 27.9 Å². The van der Waals surface area contributed by atoms with Crippen molar-refractivity contribution in [2.45, 2.75) is 4.90 Å². The fourth-order valence-electron chi connectivity index (χ4n) is 4.12. The van der Waals surface area contributed by atoms with Crippen LogP contribution in [0, 0.1) is 11.6 Å². The molecule has 6 rings (SSSR count). The summed E-state index contributed by atoms with van der Waals surface area (Å²) in [5, 5.41) is 2.63. The molecule has 3 aromatic carbocycles. The Balaban J connectivity index is 1.37. The summed E-state index contributed by atoms with van der Waals surface area (Å²) in [6.07, 6.45) is 2.85. The first kappa shape index (κ1) is 25.1. The van der Waals surface area contributed by atoms with E-state index >= 15 is 4.39 Å². The van der Waals surface area contributed by atoms with Crippen molar-refractivity contribution >= 4 is 49.3 Å². The minimum Gasteiger partial charge on any atom is -0.497 e. The Morgan fingerprint density at radius 3 is 2.48 bits per heavy atom. The second-order valence-electron chi connectivity index (χ2n) is 8.55. The number of methoxy groups -OCH3 is 1. The maximum atomic E-state index is 15.5. The number of nitrogens with one attached hydrogen (secondary N) is 2. The van der Waals surface area contributed by atoms with Gasteiger partial charge in [0.2, 0.25) is 0 Å². The normalized spacial score (nSPS) is 11.6. The van der Waals surface area contributed by atoms with Crippen LogP contribution < -0.4 is 14.8 Å². The first-order valence-corrected chi connectivity index (χ1v) is 13.3. The number of rotatable bonds is 7. The zero-order chi connectivity index (χ0) is 27.9. The van der Waals surface area contributed by atoms with Crippen LogP contribution in [0.5, 0.6) is 5.75 Å². The molecule has 0 saturated carbocycles. The highest BCUT2D eigenvalue weighted by atomic mass is 32.2. The topological polar surface area (TPSA) is 124 Å². The summed E-state index contributed by atoms with van der Waals surface area (Å²) in [4.78, 5) is 17.2. The van der Waals surface area contributed by atoms with Gasteiger partial charge < -0.3 is 10.1 Å². The molecule has 2 N–H and O–H groups in total. The minimum absolute atomic E-state index is 0.0178. The van der Waals surface area contributed by atoms with E-state index in [2.05, 4.69) is 30.0 Å². The van der Waals surface area contributed by atoms with Crippen molar-refractivity contribution in [2.75, 3.05) is 17.1 Å². The number of aromatic nitrogens is 5. The van der Waals surface area contributed by atoms with Gasteiger partial charge >= 0.3 is 0 Å². The van der Waals surface area contributed by atoms with Gasteiger partial charge in [-0.3, -0.25) is 9.29 Å². The van der Waals surface area contributed by atoms with Crippen molar-refractivity contribution in [1.29, 1.82) is 0 Å². The summed E-state index contributed by atoms with van der Waals surface area (Å²) < 4.78 is 65.1. The summed E-state index contributed by atoms with van der Waals surface area (Å²) in [5.74, 6) is -1.17.